The summed E-state index contributed by atoms with van der Waals surface area (Å²) in [6.07, 6.45) is 1.06. The second-order valence-corrected chi connectivity index (χ2v) is 4.26. The van der Waals surface area contributed by atoms with Crippen molar-refractivity contribution in [2.24, 2.45) is 5.92 Å². The van der Waals surface area contributed by atoms with Gasteiger partial charge in [-0.15, -0.1) is 0 Å². The van der Waals surface area contributed by atoms with Gasteiger partial charge in [0.15, 0.2) is 5.78 Å². The maximum absolute atomic E-state index is 11.9. The molecule has 0 radical (unpaired) electrons. The van der Waals surface area contributed by atoms with Gasteiger partial charge in [-0.1, -0.05) is 31.5 Å². The minimum Gasteiger partial charge on any atom is -0.294 e. The van der Waals surface area contributed by atoms with E-state index in [1.807, 2.05) is 19.9 Å². The predicted molar refractivity (Wildman–Crippen MR) is 57.7 cm³/mol. The molecule has 0 saturated carbocycles. The van der Waals surface area contributed by atoms with E-state index in [1.54, 1.807) is 0 Å². The van der Waals surface area contributed by atoms with Crippen molar-refractivity contribution >= 4 is 5.78 Å². The Morgan fingerprint density at radius 2 is 2.07 bits per heavy atom. The highest BCUT2D eigenvalue weighted by Gasteiger charge is 2.34. The Bertz CT molecular complexity index is 379. The van der Waals surface area contributed by atoms with E-state index in [0.717, 1.165) is 12.0 Å². The van der Waals surface area contributed by atoms with Gasteiger partial charge in [-0.2, -0.15) is 0 Å². The van der Waals surface area contributed by atoms with Gasteiger partial charge in [-0.25, -0.2) is 0 Å². The Labute approximate surface area is 85.1 Å². The minimum atomic E-state index is 0.178. The molecule has 2 rings (SSSR count). The molecule has 14 heavy (non-hydrogen) atoms. The maximum atomic E-state index is 11.9. The summed E-state index contributed by atoms with van der Waals surface area (Å²) >= 11 is 0. The molecule has 0 fully saturated rings. The van der Waals surface area contributed by atoms with Gasteiger partial charge in [0.25, 0.3) is 0 Å². The number of fused-ring (bicyclic) bond motifs is 1. The molecule has 1 aliphatic rings. The molecule has 0 heterocycles. The van der Waals surface area contributed by atoms with Crippen LogP contribution >= 0.6 is 0 Å². The summed E-state index contributed by atoms with van der Waals surface area (Å²) in [5.74, 6) is 0.949. The van der Waals surface area contributed by atoms with E-state index >= 15 is 0 Å². The lowest BCUT2D eigenvalue weighted by Gasteiger charge is -2.11. The van der Waals surface area contributed by atoms with Gasteiger partial charge in [0, 0.05) is 11.5 Å². The van der Waals surface area contributed by atoms with Gasteiger partial charge in [0.2, 0.25) is 0 Å². The molecule has 0 aromatic heterocycles. The van der Waals surface area contributed by atoms with Crippen LogP contribution in [0, 0.1) is 12.8 Å². The zero-order chi connectivity index (χ0) is 10.3. The zero-order valence-electron chi connectivity index (χ0n) is 9.00. The van der Waals surface area contributed by atoms with Crippen LogP contribution in [-0.2, 0) is 0 Å². The molecule has 0 spiro atoms. The maximum Gasteiger partial charge on any atom is 0.166 e. The third-order valence-electron chi connectivity index (χ3n) is 3.33. The first kappa shape index (κ1) is 9.45. The lowest BCUT2D eigenvalue weighted by atomic mass is 9.91. The second kappa shape index (κ2) is 3.23. The van der Waals surface area contributed by atoms with Gasteiger partial charge in [-0.05, 0) is 30.9 Å². The molecule has 0 bridgehead atoms. The zero-order valence-corrected chi connectivity index (χ0v) is 9.00. The average Bonchev–Trinajstić information content (AvgIpc) is 2.41. The van der Waals surface area contributed by atoms with Crippen molar-refractivity contribution in [2.75, 3.05) is 0 Å². The highest BCUT2D eigenvalue weighted by atomic mass is 16.1. The molecule has 0 aliphatic heterocycles. The topological polar surface area (TPSA) is 17.1 Å². The number of rotatable bonds is 1. The summed E-state index contributed by atoms with van der Waals surface area (Å²) in [4.78, 5) is 11.9. The Balaban J connectivity index is 2.55. The molecule has 1 aromatic carbocycles. The van der Waals surface area contributed by atoms with Gasteiger partial charge in [-0.3, -0.25) is 4.79 Å². The average molecular weight is 188 g/mol. The van der Waals surface area contributed by atoms with E-state index in [9.17, 15) is 4.79 Å². The Morgan fingerprint density at radius 1 is 1.36 bits per heavy atom. The SMILES string of the molecule is CCC1c2ccc(C)cc2C(=O)C1C. The Morgan fingerprint density at radius 3 is 2.71 bits per heavy atom. The van der Waals surface area contributed by atoms with Gasteiger partial charge >= 0.3 is 0 Å². The number of ketones is 1. The van der Waals surface area contributed by atoms with E-state index < -0.39 is 0 Å². The molecule has 0 saturated heterocycles. The number of carbonyl (C=O) groups excluding carboxylic acids is 1. The highest BCUT2D eigenvalue weighted by Crippen LogP contribution is 2.39. The summed E-state index contributed by atoms with van der Waals surface area (Å²) in [6.45, 7) is 6.24. The van der Waals surface area contributed by atoms with Gasteiger partial charge < -0.3 is 0 Å². The number of Topliss-reactive ketones (excluding diaryl/α,β-unsaturated/α-hetero) is 1. The number of aryl methyl sites for hydroxylation is 1. The molecule has 1 heteroatoms. The molecule has 2 unspecified atom stereocenters. The van der Waals surface area contributed by atoms with Crippen molar-refractivity contribution in [1.29, 1.82) is 0 Å². The fourth-order valence-corrected chi connectivity index (χ4v) is 2.48. The van der Waals surface area contributed by atoms with Crippen molar-refractivity contribution < 1.29 is 4.79 Å². The molecular weight excluding hydrogens is 172 g/mol. The monoisotopic (exact) mass is 188 g/mol. The van der Waals surface area contributed by atoms with Crippen molar-refractivity contribution in [2.45, 2.75) is 33.1 Å². The summed E-state index contributed by atoms with van der Waals surface area (Å²) in [5.41, 5.74) is 3.40. The van der Waals surface area contributed by atoms with Crippen molar-refractivity contribution in [1.82, 2.24) is 0 Å². The van der Waals surface area contributed by atoms with Crippen LogP contribution in [0.3, 0.4) is 0 Å². The van der Waals surface area contributed by atoms with Crippen LogP contribution in [0.25, 0.3) is 0 Å². The summed E-state index contributed by atoms with van der Waals surface area (Å²) in [7, 11) is 0. The predicted octanol–water partition coefficient (Wildman–Crippen LogP) is 3.32. The molecule has 1 nitrogen and oxygen atoms in total. The summed E-state index contributed by atoms with van der Waals surface area (Å²) in [5, 5.41) is 0. The number of hydrogen-bond acceptors (Lipinski definition) is 1. The van der Waals surface area contributed by atoms with Gasteiger partial charge in [0.05, 0.1) is 0 Å². The van der Waals surface area contributed by atoms with E-state index in [0.29, 0.717) is 11.7 Å². The van der Waals surface area contributed by atoms with Crippen LogP contribution in [0.15, 0.2) is 18.2 Å². The quantitative estimate of drug-likeness (QED) is 0.660. The number of carbonyl (C=O) groups is 1. The standard InChI is InChI=1S/C13H16O/c1-4-10-9(3)13(14)12-7-8(2)5-6-11(10)12/h5-7,9-10H,4H2,1-3H3. The Kier molecular flexibility index (Phi) is 2.18. The normalized spacial score (nSPS) is 25.2. The van der Waals surface area contributed by atoms with Gasteiger partial charge in [0.1, 0.15) is 0 Å². The Hall–Kier alpha value is -1.11. The first-order valence-corrected chi connectivity index (χ1v) is 5.30. The van der Waals surface area contributed by atoms with Crippen LogP contribution in [0.5, 0.6) is 0 Å². The van der Waals surface area contributed by atoms with Crippen LogP contribution < -0.4 is 0 Å². The van der Waals surface area contributed by atoms with Crippen molar-refractivity contribution in [3.8, 4) is 0 Å². The molecule has 1 aromatic rings. The smallest absolute Gasteiger partial charge is 0.166 e. The summed E-state index contributed by atoms with van der Waals surface area (Å²) < 4.78 is 0. The van der Waals surface area contributed by atoms with E-state index in [4.69, 9.17) is 0 Å². The van der Waals surface area contributed by atoms with Crippen LogP contribution in [-0.4, -0.2) is 5.78 Å². The lowest BCUT2D eigenvalue weighted by Crippen LogP contribution is -2.08. The van der Waals surface area contributed by atoms with Crippen molar-refractivity contribution in [3.05, 3.63) is 34.9 Å². The summed E-state index contributed by atoms with van der Waals surface area (Å²) in [6, 6.07) is 6.26. The fourth-order valence-electron chi connectivity index (χ4n) is 2.48. The van der Waals surface area contributed by atoms with Crippen LogP contribution in [0.2, 0.25) is 0 Å². The van der Waals surface area contributed by atoms with Crippen LogP contribution in [0.4, 0.5) is 0 Å². The minimum absolute atomic E-state index is 0.178. The lowest BCUT2D eigenvalue weighted by molar-refractivity contribution is 0.0933. The molecule has 0 N–H and O–H groups in total. The third kappa shape index (κ3) is 1.19. The second-order valence-electron chi connectivity index (χ2n) is 4.26. The molecule has 0 amide bonds. The first-order chi connectivity index (χ1) is 6.65. The fraction of sp³-hybridized carbons (Fsp3) is 0.462. The molecular formula is C13H16O. The van der Waals surface area contributed by atoms with Crippen molar-refractivity contribution in [3.63, 3.8) is 0 Å². The molecule has 2 atom stereocenters. The molecule has 74 valence electrons. The first-order valence-electron chi connectivity index (χ1n) is 5.30. The van der Waals surface area contributed by atoms with E-state index in [1.165, 1.54) is 11.1 Å². The largest absolute Gasteiger partial charge is 0.294 e. The number of benzene rings is 1. The van der Waals surface area contributed by atoms with E-state index in [-0.39, 0.29) is 5.92 Å². The third-order valence-corrected chi connectivity index (χ3v) is 3.33. The van der Waals surface area contributed by atoms with E-state index in [2.05, 4.69) is 19.1 Å². The highest BCUT2D eigenvalue weighted by molar-refractivity contribution is 6.03. The molecule has 1 aliphatic carbocycles. The number of hydrogen-bond donors (Lipinski definition) is 0. The van der Waals surface area contributed by atoms with Crippen LogP contribution in [0.1, 0.15) is 47.7 Å².